The number of aromatic amines is 1. The molecular weight excluding hydrogens is 304 g/mol. The van der Waals surface area contributed by atoms with Gasteiger partial charge in [0, 0.05) is 5.56 Å². The van der Waals surface area contributed by atoms with Gasteiger partial charge in [-0.15, -0.1) is 0 Å². The largest absolute Gasteiger partial charge is 0.465 e. The summed E-state index contributed by atoms with van der Waals surface area (Å²) in [5.74, 6) is -0.388. The van der Waals surface area contributed by atoms with Gasteiger partial charge >= 0.3 is 5.97 Å². The van der Waals surface area contributed by atoms with Crippen molar-refractivity contribution in [1.82, 2.24) is 9.78 Å². The fourth-order valence-corrected chi connectivity index (χ4v) is 2.70. The molecule has 5 heteroatoms. The van der Waals surface area contributed by atoms with E-state index < -0.39 is 0 Å². The molecule has 0 radical (unpaired) electrons. The summed E-state index contributed by atoms with van der Waals surface area (Å²) >= 11 is 0. The first kappa shape index (κ1) is 15.8. The molecule has 122 valence electrons. The number of carbonyl (C=O) groups is 1. The Kier molecular flexibility index (Phi) is 4.61. The molecule has 1 heterocycles. The van der Waals surface area contributed by atoms with Crippen molar-refractivity contribution in [3.05, 3.63) is 71.0 Å². The van der Waals surface area contributed by atoms with Crippen molar-refractivity contribution in [1.29, 1.82) is 0 Å². The number of nitrogens with zero attached hydrogens (tertiary/aromatic N) is 1. The first-order chi connectivity index (χ1) is 11.7. The molecule has 0 atom stereocenters. The summed E-state index contributed by atoms with van der Waals surface area (Å²) in [5.41, 5.74) is 2.66. The number of esters is 1. The lowest BCUT2D eigenvalue weighted by molar-refractivity contribution is -0.144. The smallest absolute Gasteiger partial charge is 0.327 e. The summed E-state index contributed by atoms with van der Waals surface area (Å²) in [4.78, 5) is 24.4. The van der Waals surface area contributed by atoms with Crippen LogP contribution in [0.1, 0.15) is 6.92 Å². The standard InChI is InChI=1S/C19H18N2O3/c1-2-24-16(22)13-21-18(15-11-7-4-8-12-15)17(19(23)20-21)14-9-5-3-6-10-14/h3-12H,2,13H2,1H3,(H,20,23). The molecule has 0 amide bonds. The maximum absolute atomic E-state index is 12.5. The Morgan fingerprint density at radius 1 is 1.00 bits per heavy atom. The summed E-state index contributed by atoms with van der Waals surface area (Å²) < 4.78 is 6.56. The van der Waals surface area contributed by atoms with Gasteiger partial charge in [-0.25, -0.2) is 0 Å². The number of aromatic nitrogens is 2. The highest BCUT2D eigenvalue weighted by Gasteiger charge is 2.19. The van der Waals surface area contributed by atoms with E-state index in [4.69, 9.17) is 4.74 Å². The normalized spacial score (nSPS) is 10.5. The number of nitrogens with one attached hydrogen (secondary N) is 1. The molecule has 0 saturated carbocycles. The van der Waals surface area contributed by atoms with E-state index >= 15 is 0 Å². The lowest BCUT2D eigenvalue weighted by Gasteiger charge is -2.10. The van der Waals surface area contributed by atoms with Gasteiger partial charge in [0.15, 0.2) is 0 Å². The molecule has 3 rings (SSSR count). The topological polar surface area (TPSA) is 64.1 Å². The van der Waals surface area contributed by atoms with Crippen molar-refractivity contribution in [2.45, 2.75) is 13.5 Å². The van der Waals surface area contributed by atoms with Crippen molar-refractivity contribution in [2.24, 2.45) is 0 Å². The predicted molar refractivity (Wildman–Crippen MR) is 92.6 cm³/mol. The van der Waals surface area contributed by atoms with Gasteiger partial charge in [-0.1, -0.05) is 60.7 Å². The van der Waals surface area contributed by atoms with Crippen molar-refractivity contribution in [3.8, 4) is 22.4 Å². The van der Waals surface area contributed by atoms with Gasteiger partial charge in [-0.2, -0.15) is 0 Å². The van der Waals surface area contributed by atoms with E-state index in [0.717, 1.165) is 11.1 Å². The Bertz CT molecular complexity index is 880. The molecule has 0 aliphatic heterocycles. The summed E-state index contributed by atoms with van der Waals surface area (Å²) in [6.45, 7) is 2.01. The third-order valence-electron chi connectivity index (χ3n) is 3.67. The molecule has 0 bridgehead atoms. The van der Waals surface area contributed by atoms with Gasteiger partial charge in [0.1, 0.15) is 6.54 Å². The molecule has 0 saturated heterocycles. The molecule has 0 fully saturated rings. The fourth-order valence-electron chi connectivity index (χ4n) is 2.70. The van der Waals surface area contributed by atoms with Gasteiger partial charge in [0.05, 0.1) is 17.9 Å². The molecule has 0 unspecified atom stereocenters. The monoisotopic (exact) mass is 322 g/mol. The van der Waals surface area contributed by atoms with E-state index in [1.165, 1.54) is 0 Å². The Hall–Kier alpha value is -3.08. The van der Waals surface area contributed by atoms with Crippen LogP contribution in [0.15, 0.2) is 65.5 Å². The number of hydrogen-bond donors (Lipinski definition) is 1. The molecule has 0 aliphatic carbocycles. The number of ether oxygens (including phenoxy) is 1. The summed E-state index contributed by atoms with van der Waals surface area (Å²) in [6.07, 6.45) is 0. The van der Waals surface area contributed by atoms with Crippen molar-refractivity contribution < 1.29 is 9.53 Å². The molecule has 0 spiro atoms. The van der Waals surface area contributed by atoms with Crippen LogP contribution < -0.4 is 5.56 Å². The van der Waals surface area contributed by atoms with Gasteiger partial charge < -0.3 is 4.74 Å². The third-order valence-corrected chi connectivity index (χ3v) is 3.67. The van der Waals surface area contributed by atoms with E-state index in [-0.39, 0.29) is 18.1 Å². The first-order valence-electron chi connectivity index (χ1n) is 7.80. The lowest BCUT2D eigenvalue weighted by atomic mass is 10.0. The second kappa shape index (κ2) is 7.00. The zero-order valence-electron chi connectivity index (χ0n) is 13.4. The maximum Gasteiger partial charge on any atom is 0.327 e. The van der Waals surface area contributed by atoms with E-state index in [1.807, 2.05) is 60.7 Å². The lowest BCUT2D eigenvalue weighted by Crippen LogP contribution is -2.16. The van der Waals surface area contributed by atoms with Crippen LogP contribution in [0.4, 0.5) is 0 Å². The Morgan fingerprint density at radius 2 is 1.58 bits per heavy atom. The summed E-state index contributed by atoms with van der Waals surface area (Å²) in [7, 11) is 0. The Morgan fingerprint density at radius 3 is 2.17 bits per heavy atom. The first-order valence-corrected chi connectivity index (χ1v) is 7.80. The van der Waals surface area contributed by atoms with E-state index in [2.05, 4.69) is 5.10 Å². The van der Waals surface area contributed by atoms with Crippen LogP contribution in [-0.4, -0.2) is 22.4 Å². The highest BCUT2D eigenvalue weighted by Crippen LogP contribution is 2.29. The number of rotatable bonds is 5. The van der Waals surface area contributed by atoms with E-state index in [9.17, 15) is 9.59 Å². The average Bonchev–Trinajstić information content (AvgIpc) is 2.92. The van der Waals surface area contributed by atoms with Gasteiger partial charge in [0.2, 0.25) is 0 Å². The zero-order chi connectivity index (χ0) is 16.9. The minimum absolute atomic E-state index is 0.0415. The molecule has 0 aliphatic rings. The highest BCUT2D eigenvalue weighted by molar-refractivity contribution is 5.81. The maximum atomic E-state index is 12.5. The molecule has 2 aromatic carbocycles. The highest BCUT2D eigenvalue weighted by atomic mass is 16.5. The van der Waals surface area contributed by atoms with Crippen LogP contribution in [0.2, 0.25) is 0 Å². The zero-order valence-corrected chi connectivity index (χ0v) is 13.4. The summed E-state index contributed by atoms with van der Waals surface area (Å²) in [5, 5.41) is 2.76. The van der Waals surface area contributed by atoms with Crippen LogP contribution in [0, 0.1) is 0 Å². The fraction of sp³-hybridized carbons (Fsp3) is 0.158. The quantitative estimate of drug-likeness (QED) is 0.734. The van der Waals surface area contributed by atoms with Crippen LogP contribution in [0.25, 0.3) is 22.4 Å². The van der Waals surface area contributed by atoms with Gasteiger partial charge in [0.25, 0.3) is 5.56 Å². The molecule has 5 nitrogen and oxygen atoms in total. The average molecular weight is 322 g/mol. The van der Waals surface area contributed by atoms with Crippen LogP contribution >= 0.6 is 0 Å². The van der Waals surface area contributed by atoms with Gasteiger partial charge in [-0.05, 0) is 12.5 Å². The summed E-state index contributed by atoms with van der Waals surface area (Å²) in [6, 6.07) is 19.0. The van der Waals surface area contributed by atoms with Crippen molar-refractivity contribution in [3.63, 3.8) is 0 Å². The van der Waals surface area contributed by atoms with Crippen molar-refractivity contribution >= 4 is 5.97 Å². The minimum atomic E-state index is -0.388. The van der Waals surface area contributed by atoms with Crippen LogP contribution in [0.3, 0.4) is 0 Å². The van der Waals surface area contributed by atoms with Gasteiger partial charge in [-0.3, -0.25) is 19.4 Å². The van der Waals surface area contributed by atoms with Crippen LogP contribution in [0.5, 0.6) is 0 Å². The Balaban J connectivity index is 2.17. The molecule has 24 heavy (non-hydrogen) atoms. The molecular formula is C19H18N2O3. The number of benzene rings is 2. The predicted octanol–water partition coefficient (Wildman–Crippen LogP) is 3.07. The number of H-pyrrole nitrogens is 1. The SMILES string of the molecule is CCOC(=O)Cn1[nH]c(=O)c(-c2ccccc2)c1-c1ccccc1. The second-order valence-electron chi connectivity index (χ2n) is 5.29. The van der Waals surface area contributed by atoms with E-state index in [1.54, 1.807) is 11.6 Å². The van der Waals surface area contributed by atoms with Crippen molar-refractivity contribution in [2.75, 3.05) is 6.61 Å². The number of hydrogen-bond acceptors (Lipinski definition) is 3. The van der Waals surface area contributed by atoms with E-state index in [0.29, 0.717) is 17.9 Å². The third kappa shape index (κ3) is 3.15. The minimum Gasteiger partial charge on any atom is -0.465 e. The molecule has 1 aromatic heterocycles. The number of carbonyl (C=O) groups excluding carboxylic acids is 1. The molecule has 3 aromatic rings. The molecule has 1 N–H and O–H groups in total. The van der Waals surface area contributed by atoms with Crippen LogP contribution in [-0.2, 0) is 16.1 Å². The Labute approximate surface area is 139 Å². The second-order valence-corrected chi connectivity index (χ2v) is 5.29.